The molecule has 3 heteroatoms. The first-order valence-electron chi connectivity index (χ1n) is 6.58. The summed E-state index contributed by atoms with van der Waals surface area (Å²) in [6.07, 6.45) is 0.692. The van der Waals surface area contributed by atoms with Gasteiger partial charge in [0.2, 0.25) is 0 Å². The maximum absolute atomic E-state index is 8.93. The van der Waals surface area contributed by atoms with Gasteiger partial charge in [0.15, 0.2) is 0 Å². The quantitative estimate of drug-likeness (QED) is 0.861. The lowest BCUT2D eigenvalue weighted by Gasteiger charge is -2.11. The van der Waals surface area contributed by atoms with Gasteiger partial charge in [-0.05, 0) is 29.4 Å². The summed E-state index contributed by atoms with van der Waals surface area (Å²) in [5.41, 5.74) is 0. The zero-order valence-electron chi connectivity index (χ0n) is 11.1. The zero-order valence-corrected chi connectivity index (χ0v) is 11.1. The number of hydrogen-bond donors (Lipinski definition) is 1. The van der Waals surface area contributed by atoms with Gasteiger partial charge in [0.1, 0.15) is 5.75 Å². The van der Waals surface area contributed by atoms with Crippen molar-refractivity contribution in [1.29, 1.82) is 5.26 Å². The third-order valence-electron chi connectivity index (χ3n) is 3.00. The fraction of sp³-hybridized carbons (Fsp3) is 0.312. The van der Waals surface area contributed by atoms with E-state index < -0.39 is 0 Å². The Hall–Kier alpha value is -2.05. The second kappa shape index (κ2) is 6.77. The van der Waals surface area contributed by atoms with Crippen LogP contribution in [0.1, 0.15) is 13.3 Å². The molecule has 0 heterocycles. The van der Waals surface area contributed by atoms with Crippen LogP contribution in [-0.4, -0.2) is 19.2 Å². The normalized spacial score (nSPS) is 12.0. The van der Waals surface area contributed by atoms with Crippen LogP contribution >= 0.6 is 0 Å². The van der Waals surface area contributed by atoms with Crippen LogP contribution in [0.3, 0.4) is 0 Å². The van der Waals surface area contributed by atoms with Crippen LogP contribution < -0.4 is 10.1 Å². The summed E-state index contributed by atoms with van der Waals surface area (Å²) < 4.78 is 5.70. The minimum atomic E-state index is -0.134. The van der Waals surface area contributed by atoms with Gasteiger partial charge in [-0.1, -0.05) is 37.3 Å². The van der Waals surface area contributed by atoms with Crippen molar-refractivity contribution in [3.8, 4) is 11.8 Å². The van der Waals surface area contributed by atoms with Gasteiger partial charge in [-0.3, -0.25) is 0 Å². The summed E-state index contributed by atoms with van der Waals surface area (Å²) in [6.45, 7) is 3.34. The molecule has 0 aliphatic heterocycles. The Morgan fingerprint density at radius 3 is 2.74 bits per heavy atom. The molecule has 2 aromatic carbocycles. The third kappa shape index (κ3) is 3.70. The maximum atomic E-state index is 8.93. The fourth-order valence-electron chi connectivity index (χ4n) is 2.01. The predicted molar refractivity (Wildman–Crippen MR) is 77.1 cm³/mol. The monoisotopic (exact) mass is 254 g/mol. The lowest BCUT2D eigenvalue weighted by atomic mass is 10.1. The SMILES string of the molecule is CCNC(C#N)CCOc1ccc2ccccc2c1. The highest BCUT2D eigenvalue weighted by Gasteiger charge is 2.05. The summed E-state index contributed by atoms with van der Waals surface area (Å²) in [5, 5.41) is 14.4. The number of nitrogens with zero attached hydrogens (tertiary/aromatic N) is 1. The van der Waals surface area contributed by atoms with E-state index in [9.17, 15) is 0 Å². The molecule has 19 heavy (non-hydrogen) atoms. The molecule has 1 unspecified atom stereocenters. The molecule has 0 amide bonds. The van der Waals surface area contributed by atoms with Crippen molar-refractivity contribution in [2.75, 3.05) is 13.2 Å². The molecule has 0 saturated carbocycles. The van der Waals surface area contributed by atoms with Crippen LogP contribution in [0.15, 0.2) is 42.5 Å². The average molecular weight is 254 g/mol. The number of ether oxygens (including phenoxy) is 1. The second-order valence-electron chi connectivity index (χ2n) is 4.39. The number of hydrogen-bond acceptors (Lipinski definition) is 3. The summed E-state index contributed by atoms with van der Waals surface area (Å²) in [6, 6.07) is 16.3. The van der Waals surface area contributed by atoms with E-state index in [0.29, 0.717) is 13.0 Å². The predicted octanol–water partition coefficient (Wildman–Crippen LogP) is 3.11. The van der Waals surface area contributed by atoms with Crippen molar-refractivity contribution in [3.05, 3.63) is 42.5 Å². The molecule has 0 saturated heterocycles. The topological polar surface area (TPSA) is 45.0 Å². The molecular formula is C16H18N2O. The van der Waals surface area contributed by atoms with Gasteiger partial charge in [0.25, 0.3) is 0 Å². The molecule has 0 aliphatic rings. The van der Waals surface area contributed by atoms with Gasteiger partial charge in [-0.15, -0.1) is 0 Å². The average Bonchev–Trinajstić information content (AvgIpc) is 2.46. The van der Waals surface area contributed by atoms with Crippen LogP contribution in [0.4, 0.5) is 0 Å². The van der Waals surface area contributed by atoms with Crippen molar-refractivity contribution in [3.63, 3.8) is 0 Å². The number of nitriles is 1. The summed E-state index contributed by atoms with van der Waals surface area (Å²) in [5.74, 6) is 0.854. The molecule has 0 aromatic heterocycles. The fourth-order valence-corrected chi connectivity index (χ4v) is 2.01. The van der Waals surface area contributed by atoms with Gasteiger partial charge in [-0.2, -0.15) is 5.26 Å². The van der Waals surface area contributed by atoms with Gasteiger partial charge in [0.05, 0.1) is 18.7 Å². The number of nitrogens with one attached hydrogen (secondary N) is 1. The minimum absolute atomic E-state index is 0.134. The third-order valence-corrected chi connectivity index (χ3v) is 3.00. The van der Waals surface area contributed by atoms with E-state index in [-0.39, 0.29) is 6.04 Å². The van der Waals surface area contributed by atoms with Gasteiger partial charge < -0.3 is 10.1 Å². The largest absolute Gasteiger partial charge is 0.493 e. The first-order chi connectivity index (χ1) is 9.33. The van der Waals surface area contributed by atoms with Gasteiger partial charge >= 0.3 is 0 Å². The van der Waals surface area contributed by atoms with E-state index in [1.54, 1.807) is 0 Å². The summed E-state index contributed by atoms with van der Waals surface area (Å²) >= 11 is 0. The molecule has 0 bridgehead atoms. The van der Waals surface area contributed by atoms with E-state index >= 15 is 0 Å². The lowest BCUT2D eigenvalue weighted by molar-refractivity contribution is 0.299. The molecule has 2 rings (SSSR count). The van der Waals surface area contributed by atoms with E-state index in [1.807, 2.05) is 31.2 Å². The van der Waals surface area contributed by atoms with E-state index in [4.69, 9.17) is 10.00 Å². The first kappa shape index (κ1) is 13.4. The van der Waals surface area contributed by atoms with Crippen molar-refractivity contribution in [1.82, 2.24) is 5.32 Å². The van der Waals surface area contributed by atoms with E-state index in [1.165, 1.54) is 10.8 Å². The molecular weight excluding hydrogens is 236 g/mol. The Kier molecular flexibility index (Phi) is 4.77. The number of rotatable bonds is 6. The lowest BCUT2D eigenvalue weighted by Crippen LogP contribution is -2.28. The Labute approximate surface area is 113 Å². The van der Waals surface area contributed by atoms with Crippen LogP contribution in [0.25, 0.3) is 10.8 Å². The first-order valence-corrected chi connectivity index (χ1v) is 6.58. The molecule has 0 aliphatic carbocycles. The highest BCUT2D eigenvalue weighted by atomic mass is 16.5. The molecule has 0 radical (unpaired) electrons. The highest BCUT2D eigenvalue weighted by molar-refractivity contribution is 5.83. The van der Waals surface area contributed by atoms with E-state index in [0.717, 1.165) is 12.3 Å². The van der Waals surface area contributed by atoms with Crippen LogP contribution in [0, 0.1) is 11.3 Å². The van der Waals surface area contributed by atoms with Gasteiger partial charge in [0, 0.05) is 6.42 Å². The maximum Gasteiger partial charge on any atom is 0.119 e. The Morgan fingerprint density at radius 1 is 1.21 bits per heavy atom. The molecule has 0 spiro atoms. The highest BCUT2D eigenvalue weighted by Crippen LogP contribution is 2.20. The molecule has 3 nitrogen and oxygen atoms in total. The van der Waals surface area contributed by atoms with Crippen molar-refractivity contribution < 1.29 is 4.74 Å². The standard InChI is InChI=1S/C16H18N2O/c1-2-18-15(12-17)9-10-19-16-8-7-13-5-3-4-6-14(13)11-16/h3-8,11,15,18H,2,9-10H2,1H3. The molecule has 98 valence electrons. The smallest absolute Gasteiger partial charge is 0.119 e. The van der Waals surface area contributed by atoms with E-state index in [2.05, 4.69) is 29.6 Å². The van der Waals surface area contributed by atoms with Crippen LogP contribution in [-0.2, 0) is 0 Å². The Morgan fingerprint density at radius 2 is 2.00 bits per heavy atom. The second-order valence-corrected chi connectivity index (χ2v) is 4.39. The molecule has 0 fully saturated rings. The van der Waals surface area contributed by atoms with Crippen molar-refractivity contribution in [2.24, 2.45) is 0 Å². The Balaban J connectivity index is 1.93. The summed E-state index contributed by atoms with van der Waals surface area (Å²) in [7, 11) is 0. The molecule has 1 N–H and O–H groups in total. The molecule has 1 atom stereocenters. The minimum Gasteiger partial charge on any atom is -0.493 e. The Bertz CT molecular complexity index is 574. The summed E-state index contributed by atoms with van der Waals surface area (Å²) in [4.78, 5) is 0. The van der Waals surface area contributed by atoms with Crippen molar-refractivity contribution in [2.45, 2.75) is 19.4 Å². The van der Waals surface area contributed by atoms with Crippen molar-refractivity contribution >= 4 is 10.8 Å². The molecule has 2 aromatic rings. The number of benzene rings is 2. The number of fused-ring (bicyclic) bond motifs is 1. The van der Waals surface area contributed by atoms with Crippen LogP contribution in [0.5, 0.6) is 5.75 Å². The zero-order chi connectivity index (χ0) is 13.5. The van der Waals surface area contributed by atoms with Crippen LogP contribution in [0.2, 0.25) is 0 Å². The van der Waals surface area contributed by atoms with Gasteiger partial charge in [-0.25, -0.2) is 0 Å².